The first-order chi connectivity index (χ1) is 19.4. The van der Waals surface area contributed by atoms with Gasteiger partial charge in [0.05, 0.1) is 57.9 Å². The lowest BCUT2D eigenvalue weighted by Gasteiger charge is -2.20. The van der Waals surface area contributed by atoms with E-state index in [2.05, 4.69) is 19.9 Å². The van der Waals surface area contributed by atoms with Crippen LogP contribution in [0.4, 0.5) is 4.79 Å². The van der Waals surface area contributed by atoms with Crippen LogP contribution in [0.15, 0.2) is 90.0 Å². The third kappa shape index (κ3) is 3.72. The van der Waals surface area contributed by atoms with Crippen LogP contribution in [0.25, 0.3) is 44.7 Å². The smallest absolute Gasteiger partial charge is 0.345 e. The zero-order valence-corrected chi connectivity index (χ0v) is 22.0. The van der Waals surface area contributed by atoms with E-state index in [1.807, 2.05) is 78.4 Å². The number of hydrogen-bond donors (Lipinski definition) is 1. The number of rotatable bonds is 4. The minimum Gasteiger partial charge on any atom is -0.345 e. The number of carbonyl (C=O) groups excluding carboxylic acids is 2. The van der Waals surface area contributed by atoms with Crippen molar-refractivity contribution in [2.45, 2.75) is 6.04 Å². The largest absolute Gasteiger partial charge is 0.346 e. The lowest BCUT2D eigenvalue weighted by Crippen LogP contribution is -2.21. The normalized spacial score (nSPS) is 16.2. The fourth-order valence-electron chi connectivity index (χ4n) is 5.28. The van der Waals surface area contributed by atoms with Crippen LogP contribution in [0.1, 0.15) is 16.4 Å². The Hall–Kier alpha value is -5.38. The quantitative estimate of drug-likeness (QED) is 0.369. The van der Waals surface area contributed by atoms with Gasteiger partial charge in [-0.1, -0.05) is 24.3 Å². The lowest BCUT2D eigenvalue weighted by molar-refractivity contribution is 0.0827. The highest BCUT2D eigenvalue weighted by atomic mass is 16.2. The second-order valence-corrected chi connectivity index (χ2v) is 10.0. The Morgan fingerprint density at radius 1 is 1.05 bits per heavy atom. The number of fused-ring (bicyclic) bond motifs is 3. The molecule has 2 aromatic carbocycles. The monoisotopic (exact) mass is 528 g/mol. The number of aliphatic imine (C=N–C) groups is 1. The topological polar surface area (TPSA) is 110 Å². The highest BCUT2D eigenvalue weighted by molar-refractivity contribution is 6.19. The minimum atomic E-state index is -0.380. The number of aryl methyl sites for hydroxylation is 1. The molecule has 1 unspecified atom stereocenters. The molecule has 1 atom stereocenters. The summed E-state index contributed by atoms with van der Waals surface area (Å²) in [5.41, 5.74) is 6.73. The Bertz CT molecular complexity index is 1970. The standard InChI is InChI=1S/C30H24N8O2/c1-36(2)29(39)17-8-11-26-24(12-17)33-28(38(26)18-9-10-22-23(13-18)35-30(40)34-22)20-14-25(27-15-31-16-37(27)3)32-21-7-5-4-6-19(20)21/h4-16,18H,1-3H3,(H,35,40). The van der Waals surface area contributed by atoms with Crippen molar-refractivity contribution < 1.29 is 9.59 Å². The van der Waals surface area contributed by atoms with Crippen LogP contribution in [-0.4, -0.2) is 60.7 Å². The molecule has 196 valence electrons. The SMILES string of the molecule is CN(C)C(=O)c1ccc2c(c1)nc(-c1cc(-c3cncn3C)nc3ccccc13)n2C1C=CC2=NC(=O)NC2=C1. The zero-order valence-electron chi connectivity index (χ0n) is 22.0. The number of urea groups is 1. The third-order valence-electron chi connectivity index (χ3n) is 7.21. The predicted octanol–water partition coefficient (Wildman–Crippen LogP) is 4.51. The number of amides is 3. The molecule has 1 aliphatic carbocycles. The van der Waals surface area contributed by atoms with Crippen LogP contribution in [-0.2, 0) is 7.05 Å². The van der Waals surface area contributed by atoms with Crippen molar-refractivity contribution in [3.8, 4) is 22.8 Å². The van der Waals surface area contributed by atoms with Crippen LogP contribution >= 0.6 is 0 Å². The maximum Gasteiger partial charge on any atom is 0.346 e. The second-order valence-electron chi connectivity index (χ2n) is 10.0. The molecule has 7 rings (SSSR count). The van der Waals surface area contributed by atoms with E-state index in [1.54, 1.807) is 31.5 Å². The molecule has 1 N–H and O–H groups in total. The van der Waals surface area contributed by atoms with Gasteiger partial charge < -0.3 is 19.4 Å². The van der Waals surface area contributed by atoms with E-state index in [1.165, 1.54) is 0 Å². The second kappa shape index (κ2) is 8.84. The number of hydrogen-bond acceptors (Lipinski definition) is 5. The minimum absolute atomic E-state index is 0.0972. The number of benzene rings is 2. The summed E-state index contributed by atoms with van der Waals surface area (Å²) in [5.74, 6) is 0.614. The van der Waals surface area contributed by atoms with Gasteiger partial charge in [-0.25, -0.2) is 19.7 Å². The first kappa shape index (κ1) is 23.7. The Labute approximate surface area is 229 Å². The van der Waals surface area contributed by atoms with Gasteiger partial charge in [-0.2, -0.15) is 4.99 Å². The summed E-state index contributed by atoms with van der Waals surface area (Å²) >= 11 is 0. The molecule has 3 amide bonds. The van der Waals surface area contributed by atoms with Gasteiger partial charge in [0.25, 0.3) is 5.91 Å². The van der Waals surface area contributed by atoms with Crippen molar-refractivity contribution in [3.63, 3.8) is 0 Å². The van der Waals surface area contributed by atoms with Crippen molar-refractivity contribution >= 4 is 39.6 Å². The first-order valence-electron chi connectivity index (χ1n) is 12.8. The van der Waals surface area contributed by atoms with Crippen molar-refractivity contribution in [2.24, 2.45) is 12.0 Å². The van der Waals surface area contributed by atoms with E-state index in [0.717, 1.165) is 33.4 Å². The van der Waals surface area contributed by atoms with Crippen LogP contribution in [0.3, 0.4) is 0 Å². The van der Waals surface area contributed by atoms with Gasteiger partial charge in [0.2, 0.25) is 0 Å². The molecular formula is C30H24N8O2. The summed E-state index contributed by atoms with van der Waals surface area (Å²) < 4.78 is 4.06. The number of imidazole rings is 2. The molecule has 0 spiro atoms. The number of pyridine rings is 1. The molecule has 4 heterocycles. The molecular weight excluding hydrogens is 504 g/mol. The number of para-hydroxylation sites is 1. The fourth-order valence-corrected chi connectivity index (χ4v) is 5.28. The van der Waals surface area contributed by atoms with E-state index in [9.17, 15) is 9.59 Å². The van der Waals surface area contributed by atoms with Crippen LogP contribution < -0.4 is 5.32 Å². The molecule has 10 nitrogen and oxygen atoms in total. The van der Waals surface area contributed by atoms with E-state index in [0.29, 0.717) is 28.3 Å². The van der Waals surface area contributed by atoms with Crippen molar-refractivity contribution in [2.75, 3.05) is 14.1 Å². The molecule has 0 fully saturated rings. The molecule has 0 bridgehead atoms. The zero-order chi connectivity index (χ0) is 27.5. The fraction of sp³-hybridized carbons (Fsp3) is 0.133. The predicted molar refractivity (Wildman–Crippen MR) is 153 cm³/mol. The molecule has 10 heteroatoms. The molecule has 0 saturated carbocycles. The molecule has 40 heavy (non-hydrogen) atoms. The number of aromatic nitrogens is 5. The summed E-state index contributed by atoms with van der Waals surface area (Å²) in [7, 11) is 5.40. The Morgan fingerprint density at radius 3 is 2.70 bits per heavy atom. The highest BCUT2D eigenvalue weighted by Gasteiger charge is 2.27. The third-order valence-corrected chi connectivity index (χ3v) is 7.21. The number of nitrogens with zero attached hydrogens (tertiary/aromatic N) is 7. The highest BCUT2D eigenvalue weighted by Crippen LogP contribution is 2.37. The van der Waals surface area contributed by atoms with Gasteiger partial charge in [-0.05, 0) is 42.5 Å². The van der Waals surface area contributed by atoms with Crippen molar-refractivity contribution in [1.29, 1.82) is 0 Å². The van der Waals surface area contributed by atoms with Crippen molar-refractivity contribution in [3.05, 3.63) is 90.5 Å². The average Bonchev–Trinajstić information content (AvgIpc) is 3.66. The summed E-state index contributed by atoms with van der Waals surface area (Å²) in [4.78, 5) is 44.7. The average molecular weight is 529 g/mol. The molecule has 0 radical (unpaired) electrons. The lowest BCUT2D eigenvalue weighted by atomic mass is 10.0. The maximum absolute atomic E-state index is 12.8. The van der Waals surface area contributed by atoms with Crippen molar-refractivity contribution in [1.82, 2.24) is 34.3 Å². The van der Waals surface area contributed by atoms with Gasteiger partial charge in [0.15, 0.2) is 0 Å². The Morgan fingerprint density at radius 2 is 1.90 bits per heavy atom. The van der Waals surface area contributed by atoms with E-state index < -0.39 is 0 Å². The van der Waals surface area contributed by atoms with Gasteiger partial charge >= 0.3 is 6.03 Å². The number of carbonyl (C=O) groups is 2. The van der Waals surface area contributed by atoms with Crippen LogP contribution in [0.2, 0.25) is 0 Å². The summed E-state index contributed by atoms with van der Waals surface area (Å²) in [5, 5.41) is 3.76. The Kier molecular flexibility index (Phi) is 5.24. The van der Waals surface area contributed by atoms with Gasteiger partial charge in [-0.3, -0.25) is 4.79 Å². The van der Waals surface area contributed by atoms with Gasteiger partial charge in [0.1, 0.15) is 5.82 Å². The molecule has 3 aromatic heterocycles. The molecule has 2 aliphatic rings. The van der Waals surface area contributed by atoms with Gasteiger partial charge in [0, 0.05) is 37.7 Å². The molecule has 0 saturated heterocycles. The van der Waals surface area contributed by atoms with E-state index >= 15 is 0 Å². The Balaban J connectivity index is 1.51. The number of nitrogens with one attached hydrogen (secondary N) is 1. The van der Waals surface area contributed by atoms with Crippen LogP contribution in [0, 0.1) is 0 Å². The van der Waals surface area contributed by atoms with Crippen LogP contribution in [0.5, 0.6) is 0 Å². The maximum atomic E-state index is 12.8. The summed E-state index contributed by atoms with van der Waals surface area (Å²) in [6.45, 7) is 0. The first-order valence-corrected chi connectivity index (χ1v) is 12.8. The van der Waals surface area contributed by atoms with E-state index in [4.69, 9.17) is 9.97 Å². The number of allylic oxidation sites excluding steroid dienone is 3. The molecule has 1 aliphatic heterocycles. The van der Waals surface area contributed by atoms with Gasteiger partial charge in [-0.15, -0.1) is 0 Å². The summed E-state index contributed by atoms with van der Waals surface area (Å²) in [6, 6.07) is 14.9. The molecule has 5 aromatic rings. The van der Waals surface area contributed by atoms with E-state index in [-0.39, 0.29) is 18.0 Å². The summed E-state index contributed by atoms with van der Waals surface area (Å²) in [6.07, 6.45) is 9.36.